The number of Topliss-reactive ketones (excluding diaryl/α,β-unsaturated/α-hetero) is 1. The minimum atomic E-state index is -0.517. The first-order valence-corrected chi connectivity index (χ1v) is 5.13. The molecule has 0 aliphatic heterocycles. The Bertz CT molecular complexity index is 437. The van der Waals surface area contributed by atoms with Gasteiger partial charge in [-0.2, -0.15) is 0 Å². The van der Waals surface area contributed by atoms with Crippen molar-refractivity contribution in [2.75, 3.05) is 6.61 Å². The SMILES string of the molecule is CC(C)C(=O)OCC(=O)c1ccc(O)cc1O. The first kappa shape index (κ1) is 13.0. The van der Waals surface area contributed by atoms with Gasteiger partial charge >= 0.3 is 5.97 Å². The molecule has 0 aliphatic rings. The fourth-order valence-corrected chi connectivity index (χ4v) is 1.14. The third kappa shape index (κ3) is 3.48. The van der Waals surface area contributed by atoms with Gasteiger partial charge in [-0.05, 0) is 12.1 Å². The number of hydrogen-bond acceptors (Lipinski definition) is 5. The molecule has 92 valence electrons. The summed E-state index contributed by atoms with van der Waals surface area (Å²) in [5, 5.41) is 18.5. The maximum Gasteiger partial charge on any atom is 0.308 e. The molecule has 0 atom stereocenters. The van der Waals surface area contributed by atoms with Crippen LogP contribution in [0.3, 0.4) is 0 Å². The Balaban J connectivity index is 2.68. The fraction of sp³-hybridized carbons (Fsp3) is 0.333. The quantitative estimate of drug-likeness (QED) is 0.613. The molecule has 5 heteroatoms. The molecule has 0 fully saturated rings. The van der Waals surface area contributed by atoms with Crippen molar-refractivity contribution in [3.8, 4) is 11.5 Å². The average molecular weight is 238 g/mol. The second kappa shape index (κ2) is 5.34. The van der Waals surface area contributed by atoms with Crippen LogP contribution >= 0.6 is 0 Å². The molecule has 2 N–H and O–H groups in total. The van der Waals surface area contributed by atoms with Crippen LogP contribution in [0.2, 0.25) is 0 Å². The van der Waals surface area contributed by atoms with Gasteiger partial charge in [-0.25, -0.2) is 0 Å². The molecule has 0 amide bonds. The van der Waals surface area contributed by atoms with E-state index in [4.69, 9.17) is 9.84 Å². The fourth-order valence-electron chi connectivity index (χ4n) is 1.14. The number of esters is 1. The number of phenols is 2. The van der Waals surface area contributed by atoms with E-state index in [9.17, 15) is 14.7 Å². The van der Waals surface area contributed by atoms with Crippen LogP contribution in [-0.2, 0) is 9.53 Å². The lowest BCUT2D eigenvalue weighted by atomic mass is 10.1. The lowest BCUT2D eigenvalue weighted by molar-refractivity contribution is -0.146. The largest absolute Gasteiger partial charge is 0.508 e. The van der Waals surface area contributed by atoms with Gasteiger partial charge in [0.2, 0.25) is 5.78 Å². The van der Waals surface area contributed by atoms with Gasteiger partial charge in [-0.1, -0.05) is 13.8 Å². The minimum Gasteiger partial charge on any atom is -0.508 e. The number of hydrogen-bond donors (Lipinski definition) is 2. The van der Waals surface area contributed by atoms with Crippen LogP contribution in [0.1, 0.15) is 24.2 Å². The van der Waals surface area contributed by atoms with Gasteiger partial charge < -0.3 is 14.9 Å². The van der Waals surface area contributed by atoms with E-state index in [1.165, 1.54) is 12.1 Å². The summed E-state index contributed by atoms with van der Waals surface area (Å²) < 4.78 is 4.74. The number of ketones is 1. The molecule has 1 aromatic rings. The smallest absolute Gasteiger partial charge is 0.308 e. The number of rotatable bonds is 4. The van der Waals surface area contributed by atoms with Gasteiger partial charge in [-0.15, -0.1) is 0 Å². The molecular formula is C12H14O5. The molecule has 0 saturated heterocycles. The molecule has 5 nitrogen and oxygen atoms in total. The maximum atomic E-state index is 11.6. The summed E-state index contributed by atoms with van der Waals surface area (Å²) in [4.78, 5) is 22.7. The molecule has 0 bridgehead atoms. The first-order chi connectivity index (χ1) is 7.91. The van der Waals surface area contributed by atoms with Crippen molar-refractivity contribution >= 4 is 11.8 Å². The van der Waals surface area contributed by atoms with Crippen molar-refractivity contribution in [1.29, 1.82) is 0 Å². The Morgan fingerprint density at radius 1 is 1.29 bits per heavy atom. The van der Waals surface area contributed by atoms with E-state index >= 15 is 0 Å². The molecule has 1 rings (SSSR count). The summed E-state index contributed by atoms with van der Waals surface area (Å²) in [6, 6.07) is 3.60. The average Bonchev–Trinajstić information content (AvgIpc) is 2.25. The molecule has 0 heterocycles. The number of aromatic hydroxyl groups is 2. The van der Waals surface area contributed by atoms with Crippen LogP contribution in [0.15, 0.2) is 18.2 Å². The molecule has 0 unspecified atom stereocenters. The Kier molecular flexibility index (Phi) is 4.09. The predicted octanol–water partition coefficient (Wildman–Crippen LogP) is 1.48. The highest BCUT2D eigenvalue weighted by Crippen LogP contribution is 2.22. The summed E-state index contributed by atoms with van der Waals surface area (Å²) in [5.74, 6) is -1.78. The zero-order valence-corrected chi connectivity index (χ0v) is 9.64. The summed E-state index contributed by atoms with van der Waals surface area (Å²) in [6.07, 6.45) is 0. The lowest BCUT2D eigenvalue weighted by Gasteiger charge is -2.07. The second-order valence-electron chi connectivity index (χ2n) is 3.89. The van der Waals surface area contributed by atoms with Crippen LogP contribution in [0.25, 0.3) is 0 Å². The van der Waals surface area contributed by atoms with Gasteiger partial charge in [0.25, 0.3) is 0 Å². The highest BCUT2D eigenvalue weighted by Gasteiger charge is 2.15. The van der Waals surface area contributed by atoms with E-state index in [0.29, 0.717) is 0 Å². The van der Waals surface area contributed by atoms with Gasteiger partial charge in [0.1, 0.15) is 11.5 Å². The summed E-state index contributed by atoms with van der Waals surface area (Å²) in [5.41, 5.74) is 0.0133. The van der Waals surface area contributed by atoms with Gasteiger partial charge in [0.15, 0.2) is 6.61 Å². The third-order valence-electron chi connectivity index (χ3n) is 2.10. The monoisotopic (exact) mass is 238 g/mol. The molecule has 17 heavy (non-hydrogen) atoms. The summed E-state index contributed by atoms with van der Waals surface area (Å²) >= 11 is 0. The Morgan fingerprint density at radius 2 is 1.94 bits per heavy atom. The number of carbonyl (C=O) groups is 2. The van der Waals surface area contributed by atoms with Gasteiger partial charge in [0.05, 0.1) is 11.5 Å². The van der Waals surface area contributed by atoms with Crippen LogP contribution < -0.4 is 0 Å². The zero-order chi connectivity index (χ0) is 13.0. The molecule has 0 aliphatic carbocycles. The van der Waals surface area contributed by atoms with Crippen molar-refractivity contribution in [2.45, 2.75) is 13.8 Å². The van der Waals surface area contributed by atoms with Crippen molar-refractivity contribution < 1.29 is 24.5 Å². The zero-order valence-electron chi connectivity index (χ0n) is 9.64. The van der Waals surface area contributed by atoms with Crippen molar-refractivity contribution in [2.24, 2.45) is 5.92 Å². The van der Waals surface area contributed by atoms with E-state index in [2.05, 4.69) is 0 Å². The standard InChI is InChI=1S/C12H14O5/c1-7(2)12(16)17-6-11(15)9-4-3-8(13)5-10(9)14/h3-5,7,13-14H,6H2,1-2H3. The molecule has 0 radical (unpaired) electrons. The Morgan fingerprint density at radius 3 is 2.47 bits per heavy atom. The lowest BCUT2D eigenvalue weighted by Crippen LogP contribution is -2.17. The van der Waals surface area contributed by atoms with Crippen molar-refractivity contribution in [3.05, 3.63) is 23.8 Å². The second-order valence-corrected chi connectivity index (χ2v) is 3.89. The normalized spacial score (nSPS) is 10.3. The van der Waals surface area contributed by atoms with Crippen LogP contribution in [0.4, 0.5) is 0 Å². The summed E-state index contributed by atoms with van der Waals surface area (Å²) in [6.45, 7) is 2.89. The third-order valence-corrected chi connectivity index (χ3v) is 2.10. The van der Waals surface area contributed by atoms with E-state index < -0.39 is 18.4 Å². The highest BCUT2D eigenvalue weighted by atomic mass is 16.5. The van der Waals surface area contributed by atoms with Crippen molar-refractivity contribution in [3.63, 3.8) is 0 Å². The summed E-state index contributed by atoms with van der Waals surface area (Å²) in [7, 11) is 0. The number of phenolic OH excluding ortho intramolecular Hbond substituents is 2. The molecule has 1 aromatic carbocycles. The van der Waals surface area contributed by atoms with E-state index in [-0.39, 0.29) is 23.0 Å². The van der Waals surface area contributed by atoms with Crippen LogP contribution in [-0.4, -0.2) is 28.6 Å². The number of benzene rings is 1. The highest BCUT2D eigenvalue weighted by molar-refractivity contribution is 6.00. The van der Waals surface area contributed by atoms with Crippen molar-refractivity contribution in [1.82, 2.24) is 0 Å². The van der Waals surface area contributed by atoms with Gasteiger partial charge in [0, 0.05) is 6.07 Å². The predicted molar refractivity (Wildman–Crippen MR) is 59.9 cm³/mol. The molecule has 0 aromatic heterocycles. The molecule has 0 spiro atoms. The topological polar surface area (TPSA) is 83.8 Å². The molecule has 0 saturated carbocycles. The first-order valence-electron chi connectivity index (χ1n) is 5.13. The number of ether oxygens (including phenoxy) is 1. The van der Waals surface area contributed by atoms with Gasteiger partial charge in [-0.3, -0.25) is 9.59 Å². The van der Waals surface area contributed by atoms with E-state index in [1.807, 2.05) is 0 Å². The maximum absolute atomic E-state index is 11.6. The molecular weight excluding hydrogens is 224 g/mol. The Labute approximate surface area is 98.6 Å². The van der Waals surface area contributed by atoms with E-state index in [1.54, 1.807) is 13.8 Å². The number of carbonyl (C=O) groups excluding carboxylic acids is 2. The van der Waals surface area contributed by atoms with Crippen LogP contribution in [0, 0.1) is 5.92 Å². The Hall–Kier alpha value is -2.04. The minimum absolute atomic E-state index is 0.0133. The van der Waals surface area contributed by atoms with E-state index in [0.717, 1.165) is 6.07 Å². The van der Waals surface area contributed by atoms with Crippen LogP contribution in [0.5, 0.6) is 11.5 Å².